The molecule has 0 N–H and O–H groups in total. The van der Waals surface area contributed by atoms with E-state index in [0.717, 1.165) is 0 Å². The van der Waals surface area contributed by atoms with Crippen LogP contribution in [0.4, 0.5) is 8.78 Å². The van der Waals surface area contributed by atoms with Crippen molar-refractivity contribution in [1.29, 1.82) is 0 Å². The van der Waals surface area contributed by atoms with Gasteiger partial charge < -0.3 is 0 Å². The second-order valence-electron chi connectivity index (χ2n) is 3.18. The first-order valence-corrected chi connectivity index (χ1v) is 3.89. The van der Waals surface area contributed by atoms with Gasteiger partial charge in [0.1, 0.15) is 0 Å². The van der Waals surface area contributed by atoms with Crippen molar-refractivity contribution < 1.29 is 13.6 Å². The highest BCUT2D eigenvalue weighted by Crippen LogP contribution is 2.38. The van der Waals surface area contributed by atoms with E-state index >= 15 is 0 Å². The molecule has 2 nitrogen and oxygen atoms in total. The van der Waals surface area contributed by atoms with E-state index in [2.05, 4.69) is 4.98 Å². The van der Waals surface area contributed by atoms with Gasteiger partial charge in [-0.05, 0) is 18.6 Å². The number of aryl methyl sites for hydroxylation is 1. The molecule has 1 aromatic rings. The Morgan fingerprint density at radius 1 is 1.54 bits per heavy atom. The van der Waals surface area contributed by atoms with Crippen LogP contribution in [0.5, 0.6) is 0 Å². The van der Waals surface area contributed by atoms with Crippen LogP contribution in [-0.2, 0) is 17.1 Å². The number of halogens is 2. The van der Waals surface area contributed by atoms with Gasteiger partial charge in [-0.1, -0.05) is 0 Å². The topological polar surface area (TPSA) is 30.0 Å². The van der Waals surface area contributed by atoms with Crippen LogP contribution in [0.1, 0.15) is 16.8 Å². The number of hydrogen-bond acceptors (Lipinski definition) is 2. The number of carbonyl (C=O) groups excluding carboxylic acids is 1. The normalized spacial score (nSPS) is 18.8. The van der Waals surface area contributed by atoms with Gasteiger partial charge in [-0.2, -0.15) is 8.78 Å². The first kappa shape index (κ1) is 8.29. The fraction of sp³-hybridized carbons (Fsp3) is 0.333. The molecular weight excluding hydrogens is 176 g/mol. The van der Waals surface area contributed by atoms with E-state index in [1.54, 1.807) is 6.92 Å². The minimum Gasteiger partial charge on any atom is -0.292 e. The third-order valence-corrected chi connectivity index (χ3v) is 2.12. The molecule has 0 aliphatic heterocycles. The Kier molecular flexibility index (Phi) is 1.49. The van der Waals surface area contributed by atoms with Gasteiger partial charge in [0.15, 0.2) is 0 Å². The fourth-order valence-electron chi connectivity index (χ4n) is 1.42. The molecule has 0 saturated carbocycles. The van der Waals surface area contributed by atoms with Gasteiger partial charge in [-0.15, -0.1) is 0 Å². The molecule has 0 spiro atoms. The van der Waals surface area contributed by atoms with Crippen molar-refractivity contribution in [2.24, 2.45) is 0 Å². The van der Waals surface area contributed by atoms with Crippen LogP contribution in [0, 0.1) is 6.92 Å². The fourth-order valence-corrected chi connectivity index (χ4v) is 1.42. The molecule has 0 atom stereocenters. The quantitative estimate of drug-likeness (QED) is 0.611. The van der Waals surface area contributed by atoms with Crippen LogP contribution in [0.2, 0.25) is 0 Å². The number of ketones is 1. The van der Waals surface area contributed by atoms with Crippen LogP contribution in [-0.4, -0.2) is 10.8 Å². The molecule has 0 saturated heterocycles. The first-order valence-electron chi connectivity index (χ1n) is 3.89. The summed E-state index contributed by atoms with van der Waals surface area (Å²) >= 11 is 0. The SMILES string of the molecule is Cc1cnc2c(c1)C(F)(F)C(=O)C2. The van der Waals surface area contributed by atoms with Crippen LogP contribution in [0.3, 0.4) is 0 Å². The first-order chi connectivity index (χ1) is 6.01. The number of fused-ring (bicyclic) bond motifs is 1. The molecule has 1 heterocycles. The van der Waals surface area contributed by atoms with Crippen LogP contribution < -0.4 is 0 Å². The number of pyridine rings is 1. The Labute approximate surface area is 73.6 Å². The van der Waals surface area contributed by atoms with E-state index in [0.29, 0.717) is 5.56 Å². The van der Waals surface area contributed by atoms with E-state index in [4.69, 9.17) is 0 Å². The zero-order valence-electron chi connectivity index (χ0n) is 6.97. The number of rotatable bonds is 0. The molecule has 1 aliphatic rings. The lowest BCUT2D eigenvalue weighted by Crippen LogP contribution is -2.19. The molecule has 0 unspecified atom stereocenters. The monoisotopic (exact) mass is 183 g/mol. The largest absolute Gasteiger partial charge is 0.332 e. The summed E-state index contributed by atoms with van der Waals surface area (Å²) in [6, 6.07) is 1.33. The van der Waals surface area contributed by atoms with Crippen molar-refractivity contribution in [2.75, 3.05) is 0 Å². The standard InChI is InChI=1S/C9H7F2NO/c1-5-2-6-7(12-4-5)3-8(13)9(6,10)11/h2,4H,3H2,1H3. The molecule has 0 radical (unpaired) electrons. The van der Waals surface area contributed by atoms with Gasteiger partial charge in [-0.25, -0.2) is 0 Å². The molecule has 1 aromatic heterocycles. The zero-order chi connectivity index (χ0) is 9.64. The summed E-state index contributed by atoms with van der Waals surface area (Å²) in [4.78, 5) is 14.7. The summed E-state index contributed by atoms with van der Waals surface area (Å²) in [5.74, 6) is -4.38. The molecule has 68 valence electrons. The number of carbonyl (C=O) groups is 1. The van der Waals surface area contributed by atoms with E-state index in [1.165, 1.54) is 12.3 Å². The summed E-state index contributed by atoms with van der Waals surface area (Å²) in [6.07, 6.45) is 1.25. The van der Waals surface area contributed by atoms with Crippen LogP contribution in [0.25, 0.3) is 0 Å². The molecule has 13 heavy (non-hydrogen) atoms. The number of Topliss-reactive ketones (excluding diaryl/α,β-unsaturated/α-hetero) is 1. The highest BCUT2D eigenvalue weighted by atomic mass is 19.3. The van der Waals surface area contributed by atoms with Crippen LogP contribution >= 0.6 is 0 Å². The van der Waals surface area contributed by atoms with E-state index < -0.39 is 11.7 Å². The van der Waals surface area contributed by atoms with E-state index in [1.807, 2.05) is 0 Å². The Bertz CT molecular complexity index is 387. The van der Waals surface area contributed by atoms with Crippen molar-refractivity contribution in [3.8, 4) is 0 Å². The van der Waals surface area contributed by atoms with Gasteiger partial charge in [0.05, 0.1) is 17.7 Å². The highest BCUT2D eigenvalue weighted by molar-refractivity contribution is 5.92. The second kappa shape index (κ2) is 2.34. The summed E-state index contributed by atoms with van der Waals surface area (Å²) in [7, 11) is 0. The number of aromatic nitrogens is 1. The third kappa shape index (κ3) is 1.05. The Hall–Kier alpha value is -1.32. The van der Waals surface area contributed by atoms with E-state index in [-0.39, 0.29) is 17.7 Å². The lowest BCUT2D eigenvalue weighted by atomic mass is 10.1. The lowest BCUT2D eigenvalue weighted by molar-refractivity contribution is -0.141. The van der Waals surface area contributed by atoms with Crippen LogP contribution in [0.15, 0.2) is 12.3 Å². The Balaban J connectivity index is 2.64. The molecule has 1 aliphatic carbocycles. The highest BCUT2D eigenvalue weighted by Gasteiger charge is 2.48. The Morgan fingerprint density at radius 2 is 2.23 bits per heavy atom. The molecule has 0 bridgehead atoms. The number of nitrogens with zero attached hydrogens (tertiary/aromatic N) is 1. The summed E-state index contributed by atoms with van der Waals surface area (Å²) in [6.45, 7) is 1.67. The summed E-state index contributed by atoms with van der Waals surface area (Å²) < 4.78 is 26.2. The average molecular weight is 183 g/mol. The molecule has 0 fully saturated rings. The predicted octanol–water partition coefficient (Wildman–Crippen LogP) is 1.61. The third-order valence-electron chi connectivity index (χ3n) is 2.12. The van der Waals surface area contributed by atoms with Gasteiger partial charge in [-0.3, -0.25) is 9.78 Å². The van der Waals surface area contributed by atoms with Crippen molar-refractivity contribution in [2.45, 2.75) is 19.3 Å². The van der Waals surface area contributed by atoms with Gasteiger partial charge in [0.25, 0.3) is 0 Å². The maximum Gasteiger partial charge on any atom is 0.332 e. The second-order valence-corrected chi connectivity index (χ2v) is 3.18. The van der Waals surface area contributed by atoms with Crippen molar-refractivity contribution in [1.82, 2.24) is 4.98 Å². The van der Waals surface area contributed by atoms with Crippen molar-refractivity contribution in [3.05, 3.63) is 29.1 Å². The van der Waals surface area contributed by atoms with Crippen molar-refractivity contribution in [3.63, 3.8) is 0 Å². The molecule has 0 amide bonds. The summed E-state index contributed by atoms with van der Waals surface area (Å²) in [5, 5.41) is 0. The average Bonchev–Trinajstić information content (AvgIpc) is 2.27. The molecule has 2 rings (SSSR count). The number of hydrogen-bond donors (Lipinski definition) is 0. The Morgan fingerprint density at radius 3 is 2.92 bits per heavy atom. The van der Waals surface area contributed by atoms with Gasteiger partial charge in [0.2, 0.25) is 5.78 Å². The lowest BCUT2D eigenvalue weighted by Gasteiger charge is -2.07. The summed E-state index contributed by atoms with van der Waals surface area (Å²) in [5.41, 5.74) is 0.631. The van der Waals surface area contributed by atoms with E-state index in [9.17, 15) is 13.6 Å². The predicted molar refractivity (Wildman–Crippen MR) is 41.6 cm³/mol. The zero-order valence-corrected chi connectivity index (χ0v) is 6.97. The van der Waals surface area contributed by atoms with Gasteiger partial charge >= 0.3 is 5.92 Å². The van der Waals surface area contributed by atoms with Gasteiger partial charge in [0, 0.05) is 6.20 Å². The minimum absolute atomic E-state index is 0.209. The molecule has 4 heteroatoms. The van der Waals surface area contributed by atoms with Crippen molar-refractivity contribution >= 4 is 5.78 Å². The maximum atomic E-state index is 13.1. The minimum atomic E-state index is -3.33. The smallest absolute Gasteiger partial charge is 0.292 e. The molecular formula is C9H7F2NO. The number of alkyl halides is 2. The maximum absolute atomic E-state index is 13.1. The molecule has 0 aromatic carbocycles.